The topological polar surface area (TPSA) is 62.3 Å². The van der Waals surface area contributed by atoms with Gasteiger partial charge in [-0.2, -0.15) is 0 Å². The van der Waals surface area contributed by atoms with Crippen molar-refractivity contribution in [3.05, 3.63) is 35.0 Å². The van der Waals surface area contributed by atoms with Gasteiger partial charge in [-0.25, -0.2) is 4.79 Å². The molecule has 0 fully saturated rings. The first-order chi connectivity index (χ1) is 8.11. The van der Waals surface area contributed by atoms with Crippen molar-refractivity contribution in [2.75, 3.05) is 7.11 Å². The lowest BCUT2D eigenvalue weighted by molar-refractivity contribution is -0.131. The zero-order valence-corrected chi connectivity index (χ0v) is 9.78. The number of aromatic amines is 1. The van der Waals surface area contributed by atoms with Crippen molar-refractivity contribution >= 4 is 34.5 Å². The Morgan fingerprint density at radius 2 is 2.29 bits per heavy atom. The number of carbonyl (C=O) groups is 1. The predicted octanol–water partition coefficient (Wildman–Crippen LogP) is 2.93. The second-order valence-corrected chi connectivity index (χ2v) is 3.86. The molecular weight excluding hydrogens is 242 g/mol. The quantitative estimate of drug-likeness (QED) is 0.825. The van der Waals surface area contributed by atoms with Crippen LogP contribution in [0.5, 0.6) is 5.75 Å². The molecule has 17 heavy (non-hydrogen) atoms. The molecular formula is C12H10ClNO3. The molecule has 88 valence electrons. The fourth-order valence-electron chi connectivity index (χ4n) is 1.60. The number of aromatic nitrogens is 1. The third kappa shape index (κ3) is 2.26. The summed E-state index contributed by atoms with van der Waals surface area (Å²) in [5, 5.41) is 9.96. The van der Waals surface area contributed by atoms with Crippen LogP contribution >= 0.6 is 11.6 Å². The van der Waals surface area contributed by atoms with E-state index in [9.17, 15) is 4.79 Å². The zero-order valence-electron chi connectivity index (χ0n) is 9.03. The lowest BCUT2D eigenvalue weighted by atomic mass is 10.1. The van der Waals surface area contributed by atoms with Gasteiger partial charge in [0.15, 0.2) is 0 Å². The number of rotatable bonds is 3. The number of H-pyrrole nitrogens is 1. The van der Waals surface area contributed by atoms with Gasteiger partial charge in [-0.15, -0.1) is 0 Å². The van der Waals surface area contributed by atoms with Crippen molar-refractivity contribution in [3.63, 3.8) is 0 Å². The number of halogens is 1. The summed E-state index contributed by atoms with van der Waals surface area (Å²) in [6, 6.07) is 3.52. The van der Waals surface area contributed by atoms with E-state index in [1.807, 2.05) is 0 Å². The van der Waals surface area contributed by atoms with Crippen molar-refractivity contribution in [2.45, 2.75) is 0 Å². The van der Waals surface area contributed by atoms with E-state index in [2.05, 4.69) is 4.98 Å². The highest BCUT2D eigenvalue weighted by molar-refractivity contribution is 6.32. The first kappa shape index (κ1) is 11.5. The van der Waals surface area contributed by atoms with Gasteiger partial charge in [0.25, 0.3) is 0 Å². The summed E-state index contributed by atoms with van der Waals surface area (Å²) in [6.45, 7) is 0. The van der Waals surface area contributed by atoms with Gasteiger partial charge in [-0.3, -0.25) is 0 Å². The van der Waals surface area contributed by atoms with Gasteiger partial charge < -0.3 is 14.8 Å². The molecule has 0 amide bonds. The summed E-state index contributed by atoms with van der Waals surface area (Å²) >= 11 is 5.98. The Morgan fingerprint density at radius 1 is 1.53 bits per heavy atom. The summed E-state index contributed by atoms with van der Waals surface area (Å²) in [4.78, 5) is 13.5. The van der Waals surface area contributed by atoms with E-state index in [1.165, 1.54) is 13.2 Å². The maximum atomic E-state index is 10.5. The lowest BCUT2D eigenvalue weighted by Gasteiger charge is -2.02. The summed E-state index contributed by atoms with van der Waals surface area (Å²) in [5.41, 5.74) is 1.61. The van der Waals surface area contributed by atoms with Crippen molar-refractivity contribution in [1.29, 1.82) is 0 Å². The van der Waals surface area contributed by atoms with E-state index in [-0.39, 0.29) is 0 Å². The zero-order chi connectivity index (χ0) is 12.4. The van der Waals surface area contributed by atoms with Crippen LogP contribution in [0.15, 0.2) is 24.4 Å². The van der Waals surface area contributed by atoms with Crippen LogP contribution < -0.4 is 4.74 Å². The van der Waals surface area contributed by atoms with E-state index in [4.69, 9.17) is 21.4 Å². The van der Waals surface area contributed by atoms with Crippen molar-refractivity contribution in [1.82, 2.24) is 4.98 Å². The second-order valence-electron chi connectivity index (χ2n) is 3.45. The predicted molar refractivity (Wildman–Crippen MR) is 66.5 cm³/mol. The number of carboxylic acid groups (broad SMARTS) is 1. The lowest BCUT2D eigenvalue weighted by Crippen LogP contribution is -1.86. The number of aliphatic carboxylic acids is 1. The summed E-state index contributed by atoms with van der Waals surface area (Å²) in [6.07, 6.45) is 4.33. The fourth-order valence-corrected chi connectivity index (χ4v) is 1.84. The smallest absolute Gasteiger partial charge is 0.328 e. The van der Waals surface area contributed by atoms with Crippen molar-refractivity contribution in [3.8, 4) is 5.75 Å². The Kier molecular flexibility index (Phi) is 3.06. The molecule has 1 heterocycles. The van der Waals surface area contributed by atoms with Crippen LogP contribution in [-0.2, 0) is 4.79 Å². The molecule has 2 N–H and O–H groups in total. The van der Waals surface area contributed by atoms with Gasteiger partial charge in [0, 0.05) is 28.7 Å². The highest BCUT2D eigenvalue weighted by atomic mass is 35.5. The Hall–Kier alpha value is -1.94. The minimum absolute atomic E-state index is 0.510. The van der Waals surface area contributed by atoms with E-state index in [0.29, 0.717) is 10.8 Å². The van der Waals surface area contributed by atoms with E-state index in [0.717, 1.165) is 22.5 Å². The number of hydrogen-bond acceptors (Lipinski definition) is 2. The first-order valence-corrected chi connectivity index (χ1v) is 5.25. The van der Waals surface area contributed by atoms with Crippen LogP contribution in [0.25, 0.3) is 17.0 Å². The molecule has 0 bridgehead atoms. The Balaban J connectivity index is 2.55. The SMILES string of the molecule is COc1cc2c(/C=C/C(=O)O)c[nH]c2cc1Cl. The van der Waals surface area contributed by atoms with Crippen LogP contribution in [0.2, 0.25) is 5.02 Å². The maximum absolute atomic E-state index is 10.5. The number of hydrogen-bond donors (Lipinski definition) is 2. The average Bonchev–Trinajstić information content (AvgIpc) is 2.67. The van der Waals surface area contributed by atoms with E-state index < -0.39 is 5.97 Å². The molecule has 1 aromatic carbocycles. The third-order valence-electron chi connectivity index (χ3n) is 2.39. The molecule has 0 aliphatic heterocycles. The Labute approximate surface area is 102 Å². The number of carboxylic acids is 1. The molecule has 0 radical (unpaired) electrons. The van der Waals surface area contributed by atoms with Crippen LogP contribution in [0.3, 0.4) is 0 Å². The number of nitrogens with one attached hydrogen (secondary N) is 1. The molecule has 0 atom stereocenters. The molecule has 0 aliphatic carbocycles. The number of benzene rings is 1. The van der Waals surface area contributed by atoms with Crippen molar-refractivity contribution < 1.29 is 14.6 Å². The largest absolute Gasteiger partial charge is 0.495 e. The highest BCUT2D eigenvalue weighted by Crippen LogP contribution is 2.31. The van der Waals surface area contributed by atoms with E-state index >= 15 is 0 Å². The van der Waals surface area contributed by atoms with Crippen molar-refractivity contribution in [2.24, 2.45) is 0 Å². The molecule has 4 nitrogen and oxygen atoms in total. The van der Waals surface area contributed by atoms with Crippen LogP contribution in [0, 0.1) is 0 Å². The van der Waals surface area contributed by atoms with Crippen LogP contribution in [0.4, 0.5) is 0 Å². The fraction of sp³-hybridized carbons (Fsp3) is 0.0833. The minimum atomic E-state index is -0.986. The number of fused-ring (bicyclic) bond motifs is 1. The minimum Gasteiger partial charge on any atom is -0.495 e. The van der Waals surface area contributed by atoms with Crippen LogP contribution in [0.1, 0.15) is 5.56 Å². The number of ether oxygens (including phenoxy) is 1. The molecule has 2 rings (SSSR count). The molecule has 0 aliphatic rings. The Bertz CT molecular complexity index is 601. The maximum Gasteiger partial charge on any atom is 0.328 e. The van der Waals surface area contributed by atoms with Gasteiger partial charge >= 0.3 is 5.97 Å². The molecule has 0 saturated carbocycles. The highest BCUT2D eigenvalue weighted by Gasteiger charge is 2.07. The second kappa shape index (κ2) is 4.51. The molecule has 0 spiro atoms. The van der Waals surface area contributed by atoms with Gasteiger partial charge in [0.1, 0.15) is 5.75 Å². The summed E-state index contributed by atoms with van der Waals surface area (Å²) in [7, 11) is 1.53. The molecule has 2 aromatic rings. The molecule has 0 unspecified atom stereocenters. The number of methoxy groups -OCH3 is 1. The van der Waals surface area contributed by atoms with Crippen LogP contribution in [-0.4, -0.2) is 23.2 Å². The van der Waals surface area contributed by atoms with E-state index in [1.54, 1.807) is 18.3 Å². The van der Waals surface area contributed by atoms with Gasteiger partial charge in [-0.05, 0) is 18.2 Å². The van der Waals surface area contributed by atoms with Gasteiger partial charge in [-0.1, -0.05) is 11.6 Å². The van der Waals surface area contributed by atoms with Gasteiger partial charge in [0.05, 0.1) is 12.1 Å². The normalized spacial score (nSPS) is 11.2. The monoisotopic (exact) mass is 251 g/mol. The molecule has 0 saturated heterocycles. The third-order valence-corrected chi connectivity index (χ3v) is 2.69. The standard InChI is InChI=1S/C12H10ClNO3/c1-17-11-4-8-7(2-3-12(15)16)6-14-10(8)5-9(11)13/h2-6,14H,1H3,(H,15,16)/b3-2+. The molecule has 1 aromatic heterocycles. The first-order valence-electron chi connectivity index (χ1n) is 4.87. The summed E-state index contributed by atoms with van der Waals surface area (Å²) in [5.74, 6) is -0.427. The van der Waals surface area contributed by atoms with Gasteiger partial charge in [0.2, 0.25) is 0 Å². The summed E-state index contributed by atoms with van der Waals surface area (Å²) < 4.78 is 5.12. The Morgan fingerprint density at radius 3 is 2.94 bits per heavy atom. The average molecular weight is 252 g/mol. The molecule has 5 heteroatoms.